The van der Waals surface area contributed by atoms with Gasteiger partial charge < -0.3 is 13.8 Å². The number of hydrogen-bond donors (Lipinski definition) is 0. The van der Waals surface area contributed by atoms with E-state index in [1.165, 1.54) is 129 Å². The van der Waals surface area contributed by atoms with E-state index in [1.54, 1.807) is 0 Å². The number of aromatic nitrogens is 1. The molecule has 0 amide bonds. The number of fused-ring (bicyclic) bond motifs is 20. The van der Waals surface area contributed by atoms with E-state index in [9.17, 15) is 0 Å². The van der Waals surface area contributed by atoms with E-state index in [0.717, 1.165) is 24.0 Å². The number of hydrogen-bond acceptors (Lipinski definition) is 4. The summed E-state index contributed by atoms with van der Waals surface area (Å²) in [5.41, 5.74) is 17.9. The number of para-hydroxylation sites is 1. The largest absolute Gasteiger partial charge is 0.455 e. The van der Waals surface area contributed by atoms with E-state index in [0.29, 0.717) is 0 Å². The van der Waals surface area contributed by atoms with Crippen molar-refractivity contribution in [3.63, 3.8) is 0 Å². The number of thiophene rings is 2. The minimum absolute atomic E-state index is 0.0283. The molecule has 8 aromatic carbocycles. The van der Waals surface area contributed by atoms with Crippen molar-refractivity contribution in [2.24, 2.45) is 0 Å². The van der Waals surface area contributed by atoms with Crippen LogP contribution in [0.5, 0.6) is 0 Å². The first-order chi connectivity index (χ1) is 31.8. The summed E-state index contributed by atoms with van der Waals surface area (Å²) in [6, 6.07) is 51.7. The molecule has 6 heteroatoms. The van der Waals surface area contributed by atoms with E-state index in [-0.39, 0.29) is 23.1 Å². The van der Waals surface area contributed by atoms with Crippen molar-refractivity contribution in [2.75, 3.05) is 4.81 Å². The van der Waals surface area contributed by atoms with Gasteiger partial charge in [0.2, 0.25) is 0 Å². The lowest BCUT2D eigenvalue weighted by Gasteiger charge is -2.42. The van der Waals surface area contributed by atoms with Crippen molar-refractivity contribution in [1.29, 1.82) is 0 Å². The van der Waals surface area contributed by atoms with E-state index in [4.69, 9.17) is 4.42 Å². The van der Waals surface area contributed by atoms with Crippen molar-refractivity contribution in [3.8, 4) is 16.8 Å². The predicted molar refractivity (Wildman–Crippen MR) is 287 cm³/mol. The number of benzene rings is 8. The third kappa shape index (κ3) is 4.74. The monoisotopic (exact) mass is 886 g/mol. The Bertz CT molecular complexity index is 4170. The molecule has 12 aromatic rings. The zero-order valence-electron chi connectivity index (χ0n) is 38.3. The highest BCUT2D eigenvalue weighted by molar-refractivity contribution is 7.26. The van der Waals surface area contributed by atoms with E-state index >= 15 is 0 Å². The van der Waals surface area contributed by atoms with Crippen molar-refractivity contribution >= 4 is 136 Å². The maximum atomic E-state index is 7.34. The second-order valence-electron chi connectivity index (χ2n) is 21.9. The first-order valence-electron chi connectivity index (χ1n) is 23.7. The summed E-state index contributed by atoms with van der Waals surface area (Å²) >= 11 is 3.82. The van der Waals surface area contributed by atoms with Crippen LogP contribution in [0.3, 0.4) is 0 Å². The lowest BCUT2D eigenvalue weighted by molar-refractivity contribution is 0.332. The Morgan fingerprint density at radius 1 is 0.576 bits per heavy atom. The van der Waals surface area contributed by atoms with Gasteiger partial charge in [-0.15, -0.1) is 22.7 Å². The van der Waals surface area contributed by atoms with Crippen molar-refractivity contribution < 1.29 is 4.42 Å². The van der Waals surface area contributed by atoms with Crippen LogP contribution in [-0.4, -0.2) is 11.4 Å². The van der Waals surface area contributed by atoms with Crippen molar-refractivity contribution in [3.05, 3.63) is 150 Å². The fourth-order valence-electron chi connectivity index (χ4n) is 12.7. The molecular formula is C60H47BN2OS2. The molecule has 2 aliphatic heterocycles. The van der Waals surface area contributed by atoms with Gasteiger partial charge in [-0.05, 0) is 123 Å². The highest BCUT2D eigenvalue weighted by Gasteiger charge is 2.47. The van der Waals surface area contributed by atoms with Crippen LogP contribution >= 0.6 is 22.7 Å². The minimum atomic E-state index is -0.127. The van der Waals surface area contributed by atoms with Crippen LogP contribution in [0.15, 0.2) is 138 Å². The average molecular weight is 887 g/mol. The molecule has 1 aliphatic carbocycles. The molecule has 66 heavy (non-hydrogen) atoms. The van der Waals surface area contributed by atoms with Crippen LogP contribution < -0.4 is 15.7 Å². The molecule has 15 rings (SSSR count). The molecule has 0 fully saturated rings. The highest BCUT2D eigenvalue weighted by atomic mass is 32.1. The fraction of sp³-hybridized carbons (Fsp3) is 0.200. The van der Waals surface area contributed by atoms with Crippen LogP contribution in [0.1, 0.15) is 78.0 Å². The fourth-order valence-corrected chi connectivity index (χ4v) is 14.9. The zero-order valence-corrected chi connectivity index (χ0v) is 39.9. The van der Waals surface area contributed by atoms with Crippen LogP contribution in [0.4, 0.5) is 11.4 Å². The molecule has 0 saturated heterocycles. The Balaban J connectivity index is 1.21. The van der Waals surface area contributed by atoms with Crippen LogP contribution in [0, 0.1) is 0 Å². The maximum Gasteiger partial charge on any atom is 0.333 e. The summed E-state index contributed by atoms with van der Waals surface area (Å²) in [7, 11) is 0. The molecular weight excluding hydrogens is 840 g/mol. The number of rotatable bonds is 1. The van der Waals surface area contributed by atoms with Gasteiger partial charge in [-0.2, -0.15) is 0 Å². The van der Waals surface area contributed by atoms with E-state index in [1.807, 2.05) is 22.7 Å². The molecule has 0 saturated carbocycles. The van der Waals surface area contributed by atoms with Gasteiger partial charge in [0.25, 0.3) is 0 Å². The maximum absolute atomic E-state index is 7.34. The first-order valence-corrected chi connectivity index (χ1v) is 25.3. The lowest BCUT2D eigenvalue weighted by atomic mass is 9.43. The third-order valence-electron chi connectivity index (χ3n) is 16.2. The van der Waals surface area contributed by atoms with Gasteiger partial charge in [0.1, 0.15) is 11.2 Å². The molecule has 0 bridgehead atoms. The summed E-state index contributed by atoms with van der Waals surface area (Å²) in [6.45, 7) is 16.7. The first kappa shape index (κ1) is 37.8. The van der Waals surface area contributed by atoms with Gasteiger partial charge in [0.15, 0.2) is 0 Å². The summed E-state index contributed by atoms with van der Waals surface area (Å²) in [6.07, 6.45) is 2.32. The molecule has 0 atom stereocenters. The molecule has 0 unspecified atom stereocenters. The van der Waals surface area contributed by atoms with Crippen molar-refractivity contribution in [2.45, 2.75) is 77.6 Å². The molecule has 0 spiro atoms. The molecule has 4 aromatic heterocycles. The number of furan rings is 1. The average Bonchev–Trinajstić information content (AvgIpc) is 4.07. The van der Waals surface area contributed by atoms with Crippen LogP contribution in [-0.2, 0) is 16.2 Å². The predicted octanol–water partition coefficient (Wildman–Crippen LogP) is 16.3. The molecule has 6 heterocycles. The highest BCUT2D eigenvalue weighted by Crippen LogP contribution is 2.55. The van der Waals surface area contributed by atoms with Crippen LogP contribution in [0.2, 0.25) is 0 Å². The lowest BCUT2D eigenvalue weighted by Crippen LogP contribution is -2.60. The molecule has 3 nitrogen and oxygen atoms in total. The van der Waals surface area contributed by atoms with Gasteiger partial charge in [-0.1, -0.05) is 121 Å². The molecule has 3 aliphatic rings. The quantitative estimate of drug-likeness (QED) is 0.153. The Morgan fingerprint density at radius 2 is 1.18 bits per heavy atom. The SMILES string of the molecule is CC(C)(C)c1ccc(N2B3c4cc5c(cc4-n4c6cc7c(cc6c6c8oc9ccccc9c8c(c3c64)-c3cc4c(cc32)sc2ccccc24)C(C)(C)CCC7(C)C)sc2ccccc25)cc1. The minimum Gasteiger partial charge on any atom is -0.455 e. The standard InChI is InChI=1S/C60H47BN2OS2/c1-58(2,3)32-20-22-33(23-21-32)63-45-30-50-37(34-14-9-12-18-48(34)65-50)26-39(45)52-53-36-16-8-11-17-47(36)64-57(53)54-40-27-41-42(60(6,7)25-24-59(41,4)5)29-44(40)62-46-31-51-38(35-15-10-13-19-49(35)66-51)28-43(46)61(63)55(52)56(54)62/h8-23,26-31H,24-25H2,1-7H3. The second-order valence-corrected chi connectivity index (χ2v) is 24.0. The number of nitrogens with zero attached hydrogens (tertiary/aromatic N) is 2. The molecule has 0 radical (unpaired) electrons. The Labute approximate surface area is 392 Å². The van der Waals surface area contributed by atoms with Gasteiger partial charge in [-0.3, -0.25) is 0 Å². The van der Waals surface area contributed by atoms with Crippen LogP contribution in [0.25, 0.3) is 101 Å². The van der Waals surface area contributed by atoms with E-state index < -0.39 is 0 Å². The normalized spacial score (nSPS) is 16.2. The Morgan fingerprint density at radius 3 is 1.86 bits per heavy atom. The molecule has 0 N–H and O–H groups in total. The van der Waals surface area contributed by atoms with Crippen molar-refractivity contribution in [1.82, 2.24) is 4.57 Å². The summed E-state index contributed by atoms with van der Waals surface area (Å²) < 4.78 is 15.3. The van der Waals surface area contributed by atoms with Gasteiger partial charge in [0, 0.05) is 79.1 Å². The topological polar surface area (TPSA) is 21.3 Å². The van der Waals surface area contributed by atoms with Gasteiger partial charge in [0.05, 0.1) is 16.4 Å². The zero-order chi connectivity index (χ0) is 44.3. The Hall–Kier alpha value is -6.34. The second kappa shape index (κ2) is 12.4. The summed E-state index contributed by atoms with van der Waals surface area (Å²) in [5.74, 6) is 0. The van der Waals surface area contributed by atoms with E-state index in [2.05, 4.69) is 191 Å². The van der Waals surface area contributed by atoms with Gasteiger partial charge in [-0.25, -0.2) is 0 Å². The smallest absolute Gasteiger partial charge is 0.333 e. The third-order valence-corrected chi connectivity index (χ3v) is 18.4. The summed E-state index contributed by atoms with van der Waals surface area (Å²) in [4.78, 5) is 2.72. The van der Waals surface area contributed by atoms with Gasteiger partial charge >= 0.3 is 6.85 Å². The number of anilines is 2. The molecule has 318 valence electrons. The summed E-state index contributed by atoms with van der Waals surface area (Å²) in [5, 5.41) is 10.2. The Kier molecular flexibility index (Phi) is 7.08.